The number of aliphatic hydroxyl groups excluding tert-OH is 1. The fraction of sp³-hybridized carbons (Fsp3) is 1.00. The summed E-state index contributed by atoms with van der Waals surface area (Å²) in [6, 6.07) is 0. The van der Waals surface area contributed by atoms with Gasteiger partial charge in [-0.1, -0.05) is 13.8 Å². The van der Waals surface area contributed by atoms with Gasteiger partial charge in [-0.05, 0) is 18.8 Å². The molecular formula is C9H18O3. The lowest BCUT2D eigenvalue weighted by Crippen LogP contribution is -2.33. The monoisotopic (exact) mass is 174 g/mol. The third-order valence-electron chi connectivity index (χ3n) is 2.59. The predicted octanol–water partition coefficient (Wildman–Crippen LogP) is 1.01. The van der Waals surface area contributed by atoms with Crippen LogP contribution < -0.4 is 0 Å². The highest BCUT2D eigenvalue weighted by Gasteiger charge is 2.36. The average molecular weight is 174 g/mol. The molecule has 0 spiro atoms. The van der Waals surface area contributed by atoms with Gasteiger partial charge in [0.05, 0.1) is 6.61 Å². The van der Waals surface area contributed by atoms with E-state index in [1.165, 1.54) is 0 Å². The standard InChI is InChI=1S/C9H18O3/c1-4-11-9(10)8-7(3)6(2)5-12-8/h6-10H,4-5H2,1-3H3/t6-,7+,8+,9?/m1/s1. The Bertz CT molecular complexity index is 138. The number of rotatable bonds is 3. The molecule has 0 aromatic heterocycles. The summed E-state index contributed by atoms with van der Waals surface area (Å²) in [6.07, 6.45) is -0.894. The van der Waals surface area contributed by atoms with Gasteiger partial charge >= 0.3 is 0 Å². The van der Waals surface area contributed by atoms with Gasteiger partial charge in [0.15, 0.2) is 6.29 Å². The molecule has 0 radical (unpaired) electrons. The van der Waals surface area contributed by atoms with Crippen molar-refractivity contribution < 1.29 is 14.6 Å². The molecule has 0 aliphatic carbocycles. The number of hydrogen-bond acceptors (Lipinski definition) is 3. The molecule has 4 atom stereocenters. The Morgan fingerprint density at radius 2 is 2.25 bits per heavy atom. The normalized spacial score (nSPS) is 38.5. The van der Waals surface area contributed by atoms with Crippen molar-refractivity contribution >= 4 is 0 Å². The molecule has 1 heterocycles. The van der Waals surface area contributed by atoms with Gasteiger partial charge in [-0.3, -0.25) is 0 Å². The Morgan fingerprint density at radius 3 is 2.67 bits per heavy atom. The Hall–Kier alpha value is -0.120. The number of ether oxygens (including phenoxy) is 2. The minimum atomic E-state index is -0.755. The molecule has 1 fully saturated rings. The molecule has 0 aromatic carbocycles. The van der Waals surface area contributed by atoms with Crippen LogP contribution in [-0.2, 0) is 9.47 Å². The lowest BCUT2D eigenvalue weighted by Gasteiger charge is -2.21. The molecule has 0 bridgehead atoms. The Labute approximate surface area is 73.7 Å². The summed E-state index contributed by atoms with van der Waals surface area (Å²) >= 11 is 0. The maximum atomic E-state index is 9.49. The number of aliphatic hydroxyl groups is 1. The summed E-state index contributed by atoms with van der Waals surface area (Å²) in [5.41, 5.74) is 0. The van der Waals surface area contributed by atoms with Gasteiger partial charge in [0, 0.05) is 6.61 Å². The van der Waals surface area contributed by atoms with Crippen molar-refractivity contribution in [2.75, 3.05) is 13.2 Å². The molecule has 0 aromatic rings. The molecule has 0 amide bonds. The summed E-state index contributed by atoms with van der Waals surface area (Å²) in [7, 11) is 0. The second-order valence-electron chi connectivity index (χ2n) is 3.48. The summed E-state index contributed by atoms with van der Waals surface area (Å²) in [5, 5.41) is 9.49. The molecule has 12 heavy (non-hydrogen) atoms. The highest BCUT2D eigenvalue weighted by molar-refractivity contribution is 4.79. The van der Waals surface area contributed by atoms with Crippen LogP contribution in [0.1, 0.15) is 20.8 Å². The van der Waals surface area contributed by atoms with Crippen LogP contribution in [0.5, 0.6) is 0 Å². The van der Waals surface area contributed by atoms with Gasteiger partial charge in [-0.2, -0.15) is 0 Å². The van der Waals surface area contributed by atoms with Gasteiger partial charge in [-0.15, -0.1) is 0 Å². The van der Waals surface area contributed by atoms with E-state index in [-0.39, 0.29) is 6.10 Å². The largest absolute Gasteiger partial charge is 0.372 e. The van der Waals surface area contributed by atoms with E-state index in [1.807, 2.05) is 6.92 Å². The van der Waals surface area contributed by atoms with Crippen molar-refractivity contribution in [2.24, 2.45) is 11.8 Å². The van der Waals surface area contributed by atoms with Crippen LogP contribution in [0.2, 0.25) is 0 Å². The molecule has 1 aliphatic heterocycles. The van der Waals surface area contributed by atoms with E-state index >= 15 is 0 Å². The van der Waals surface area contributed by atoms with Crippen molar-refractivity contribution in [3.05, 3.63) is 0 Å². The van der Waals surface area contributed by atoms with Crippen molar-refractivity contribution in [2.45, 2.75) is 33.2 Å². The van der Waals surface area contributed by atoms with Crippen LogP contribution in [0.3, 0.4) is 0 Å². The topological polar surface area (TPSA) is 38.7 Å². The summed E-state index contributed by atoms with van der Waals surface area (Å²) < 4.78 is 10.5. The first-order chi connectivity index (χ1) is 5.66. The fourth-order valence-corrected chi connectivity index (χ4v) is 1.50. The Kier molecular flexibility index (Phi) is 3.50. The zero-order chi connectivity index (χ0) is 9.14. The third kappa shape index (κ3) is 1.97. The van der Waals surface area contributed by atoms with Gasteiger partial charge in [0.1, 0.15) is 6.10 Å². The Balaban J connectivity index is 2.41. The summed E-state index contributed by atoms with van der Waals surface area (Å²) in [4.78, 5) is 0. The van der Waals surface area contributed by atoms with Crippen molar-refractivity contribution in [3.63, 3.8) is 0 Å². The molecule has 3 heteroatoms. The van der Waals surface area contributed by atoms with Crippen LogP contribution >= 0.6 is 0 Å². The van der Waals surface area contributed by atoms with Crippen LogP contribution in [0.25, 0.3) is 0 Å². The molecule has 3 nitrogen and oxygen atoms in total. The molecule has 72 valence electrons. The van der Waals surface area contributed by atoms with Crippen molar-refractivity contribution in [1.29, 1.82) is 0 Å². The molecule has 1 unspecified atom stereocenters. The van der Waals surface area contributed by atoms with E-state index in [2.05, 4.69) is 13.8 Å². The summed E-state index contributed by atoms with van der Waals surface area (Å²) in [6.45, 7) is 7.35. The molecule has 1 rings (SSSR count). The van der Waals surface area contributed by atoms with E-state index in [0.717, 1.165) is 6.61 Å². The smallest absolute Gasteiger partial charge is 0.181 e. The first-order valence-electron chi connectivity index (χ1n) is 4.58. The minimum Gasteiger partial charge on any atom is -0.372 e. The van der Waals surface area contributed by atoms with Crippen molar-refractivity contribution in [3.8, 4) is 0 Å². The minimum absolute atomic E-state index is 0.139. The van der Waals surface area contributed by atoms with E-state index in [1.54, 1.807) is 0 Å². The zero-order valence-corrected chi connectivity index (χ0v) is 7.99. The average Bonchev–Trinajstić information content (AvgIpc) is 2.34. The lowest BCUT2D eigenvalue weighted by atomic mass is 9.94. The predicted molar refractivity (Wildman–Crippen MR) is 45.7 cm³/mol. The summed E-state index contributed by atoms with van der Waals surface area (Å²) in [5.74, 6) is 0.900. The molecular weight excluding hydrogens is 156 g/mol. The van der Waals surface area contributed by atoms with E-state index in [4.69, 9.17) is 9.47 Å². The third-order valence-corrected chi connectivity index (χ3v) is 2.59. The first kappa shape index (κ1) is 9.96. The van der Waals surface area contributed by atoms with E-state index in [9.17, 15) is 5.11 Å². The number of hydrogen-bond donors (Lipinski definition) is 1. The van der Waals surface area contributed by atoms with Gasteiger partial charge in [0.2, 0.25) is 0 Å². The van der Waals surface area contributed by atoms with E-state index in [0.29, 0.717) is 18.4 Å². The van der Waals surface area contributed by atoms with Gasteiger partial charge in [-0.25, -0.2) is 0 Å². The highest BCUT2D eigenvalue weighted by Crippen LogP contribution is 2.28. The Morgan fingerprint density at radius 1 is 1.58 bits per heavy atom. The second kappa shape index (κ2) is 4.21. The van der Waals surface area contributed by atoms with Gasteiger partial charge in [0.25, 0.3) is 0 Å². The maximum Gasteiger partial charge on any atom is 0.181 e. The first-order valence-corrected chi connectivity index (χ1v) is 4.58. The lowest BCUT2D eigenvalue weighted by molar-refractivity contribution is -0.170. The molecule has 1 aliphatic rings. The van der Waals surface area contributed by atoms with Crippen molar-refractivity contribution in [1.82, 2.24) is 0 Å². The van der Waals surface area contributed by atoms with E-state index < -0.39 is 6.29 Å². The SMILES string of the molecule is CCOC(O)[C@H]1OC[C@@H](C)[C@@H]1C. The molecule has 1 N–H and O–H groups in total. The second-order valence-corrected chi connectivity index (χ2v) is 3.48. The van der Waals surface area contributed by atoms with Crippen LogP contribution in [0.15, 0.2) is 0 Å². The molecule has 1 saturated heterocycles. The maximum absolute atomic E-state index is 9.49. The highest BCUT2D eigenvalue weighted by atomic mass is 16.6. The quantitative estimate of drug-likeness (QED) is 0.649. The van der Waals surface area contributed by atoms with Gasteiger partial charge < -0.3 is 14.6 Å². The zero-order valence-electron chi connectivity index (χ0n) is 7.99. The van der Waals surface area contributed by atoms with Crippen LogP contribution in [0.4, 0.5) is 0 Å². The van der Waals surface area contributed by atoms with Crippen LogP contribution in [-0.4, -0.2) is 30.7 Å². The fourth-order valence-electron chi connectivity index (χ4n) is 1.50. The molecule has 0 saturated carbocycles. The van der Waals surface area contributed by atoms with Crippen LogP contribution in [0, 0.1) is 11.8 Å².